The lowest BCUT2D eigenvalue weighted by Crippen LogP contribution is -2.53. The smallest absolute Gasteiger partial charge is 0.153 e. The average Bonchev–Trinajstić information content (AvgIpc) is 2.27. The van der Waals surface area contributed by atoms with Gasteiger partial charge in [0.1, 0.15) is 0 Å². The molecule has 0 heterocycles. The first-order valence-corrected chi connectivity index (χ1v) is 7.81. The molecule has 0 aromatic heterocycles. The first-order chi connectivity index (χ1) is 8.60. The van der Waals surface area contributed by atoms with Crippen molar-refractivity contribution in [1.82, 2.24) is 5.32 Å². The Balaban J connectivity index is 1.78. The Hall–Kier alpha value is -0.370. The van der Waals surface area contributed by atoms with Gasteiger partial charge in [0.25, 0.3) is 0 Å². The maximum absolute atomic E-state index is 12.8. The minimum absolute atomic E-state index is 0.0764. The number of Topliss-reactive ketones (excluding diaryl/α,β-unsaturated/α-hetero) is 1. The van der Waals surface area contributed by atoms with Gasteiger partial charge in [0, 0.05) is 5.92 Å². The zero-order chi connectivity index (χ0) is 12.9. The van der Waals surface area contributed by atoms with E-state index in [1.807, 2.05) is 7.05 Å². The summed E-state index contributed by atoms with van der Waals surface area (Å²) < 4.78 is 0. The third-order valence-corrected chi connectivity index (χ3v) is 5.84. The molecule has 4 saturated carbocycles. The molecular formula is C16H27NO. The number of carbonyl (C=O) groups is 1. The third-order valence-electron chi connectivity index (χ3n) is 5.84. The number of ketones is 1. The summed E-state index contributed by atoms with van der Waals surface area (Å²) in [5, 5.41) is 3.26. The lowest BCUT2D eigenvalue weighted by Gasteiger charge is -2.54. The van der Waals surface area contributed by atoms with Crippen LogP contribution in [0.2, 0.25) is 0 Å². The van der Waals surface area contributed by atoms with Crippen LogP contribution in [-0.4, -0.2) is 18.9 Å². The van der Waals surface area contributed by atoms with Crippen molar-refractivity contribution in [2.45, 2.75) is 52.0 Å². The van der Waals surface area contributed by atoms with Crippen molar-refractivity contribution in [3.8, 4) is 0 Å². The number of rotatable bonds is 4. The predicted octanol–water partition coefficient (Wildman–Crippen LogP) is 2.87. The highest BCUT2D eigenvalue weighted by Crippen LogP contribution is 2.56. The lowest BCUT2D eigenvalue weighted by atomic mass is 9.50. The van der Waals surface area contributed by atoms with Crippen molar-refractivity contribution < 1.29 is 4.79 Å². The van der Waals surface area contributed by atoms with Gasteiger partial charge >= 0.3 is 0 Å². The number of carbonyl (C=O) groups excluding carboxylic acids is 1. The van der Waals surface area contributed by atoms with Crippen LogP contribution in [-0.2, 0) is 4.79 Å². The summed E-state index contributed by atoms with van der Waals surface area (Å²) in [7, 11) is 1.94. The Morgan fingerprint density at radius 2 is 1.50 bits per heavy atom. The highest BCUT2D eigenvalue weighted by molar-refractivity contribution is 5.87. The van der Waals surface area contributed by atoms with Crippen LogP contribution in [0.1, 0.15) is 46.0 Å². The molecule has 0 radical (unpaired) electrons. The molecule has 2 nitrogen and oxygen atoms in total. The monoisotopic (exact) mass is 249 g/mol. The molecule has 4 aliphatic carbocycles. The van der Waals surface area contributed by atoms with Gasteiger partial charge in [0.15, 0.2) is 5.78 Å². The lowest BCUT2D eigenvalue weighted by molar-refractivity contribution is -0.138. The summed E-state index contributed by atoms with van der Waals surface area (Å²) in [4.78, 5) is 12.8. The van der Waals surface area contributed by atoms with Crippen LogP contribution in [0.4, 0.5) is 0 Å². The average molecular weight is 249 g/mol. The quantitative estimate of drug-likeness (QED) is 0.830. The Morgan fingerprint density at radius 3 is 1.89 bits per heavy atom. The SMILES string of the molecule is CNC(C(=O)C1C2CC3CC(C2)CC1C3)C(C)C. The summed E-state index contributed by atoms with van der Waals surface area (Å²) in [6, 6.07) is 0.0764. The van der Waals surface area contributed by atoms with Crippen LogP contribution in [0.25, 0.3) is 0 Å². The zero-order valence-corrected chi connectivity index (χ0v) is 12.0. The molecule has 1 unspecified atom stereocenters. The van der Waals surface area contributed by atoms with Gasteiger partial charge < -0.3 is 5.32 Å². The van der Waals surface area contributed by atoms with Gasteiger partial charge in [-0.05, 0) is 68.7 Å². The molecule has 4 aliphatic rings. The second-order valence-electron chi connectivity index (χ2n) is 7.37. The maximum atomic E-state index is 12.8. The molecule has 4 bridgehead atoms. The van der Waals surface area contributed by atoms with Gasteiger partial charge in [-0.2, -0.15) is 0 Å². The van der Waals surface area contributed by atoms with E-state index in [0.29, 0.717) is 17.6 Å². The largest absolute Gasteiger partial charge is 0.310 e. The minimum Gasteiger partial charge on any atom is -0.310 e. The van der Waals surface area contributed by atoms with Crippen molar-refractivity contribution in [2.24, 2.45) is 35.5 Å². The second-order valence-corrected chi connectivity index (χ2v) is 7.37. The predicted molar refractivity (Wildman–Crippen MR) is 73.2 cm³/mol. The Labute approximate surface area is 111 Å². The van der Waals surface area contributed by atoms with E-state index in [1.54, 1.807) is 0 Å². The second kappa shape index (κ2) is 4.63. The highest BCUT2D eigenvalue weighted by atomic mass is 16.1. The normalized spacial score (nSPS) is 43.4. The first-order valence-electron chi connectivity index (χ1n) is 7.81. The van der Waals surface area contributed by atoms with E-state index in [1.165, 1.54) is 32.1 Å². The van der Waals surface area contributed by atoms with Gasteiger partial charge in [-0.15, -0.1) is 0 Å². The topological polar surface area (TPSA) is 29.1 Å². The molecule has 1 atom stereocenters. The van der Waals surface area contributed by atoms with E-state index >= 15 is 0 Å². The minimum atomic E-state index is 0.0764. The summed E-state index contributed by atoms with van der Waals surface area (Å²) >= 11 is 0. The van der Waals surface area contributed by atoms with Crippen molar-refractivity contribution in [1.29, 1.82) is 0 Å². The fourth-order valence-electron chi connectivity index (χ4n) is 5.40. The van der Waals surface area contributed by atoms with Crippen LogP contribution in [0.15, 0.2) is 0 Å². The van der Waals surface area contributed by atoms with Crippen molar-refractivity contribution in [3.05, 3.63) is 0 Å². The summed E-state index contributed by atoms with van der Waals surface area (Å²) in [6.07, 6.45) is 6.85. The molecule has 0 amide bonds. The van der Waals surface area contributed by atoms with Crippen molar-refractivity contribution >= 4 is 5.78 Å². The molecular weight excluding hydrogens is 222 g/mol. The third kappa shape index (κ3) is 1.93. The van der Waals surface area contributed by atoms with E-state index in [2.05, 4.69) is 19.2 Å². The zero-order valence-electron chi connectivity index (χ0n) is 12.0. The van der Waals surface area contributed by atoms with Gasteiger partial charge in [-0.25, -0.2) is 0 Å². The van der Waals surface area contributed by atoms with Crippen LogP contribution < -0.4 is 5.32 Å². The van der Waals surface area contributed by atoms with Gasteiger partial charge in [0.2, 0.25) is 0 Å². The Bertz CT molecular complexity index is 308. The standard InChI is InChI=1S/C16H27NO/c1-9(2)15(17-3)16(18)14-12-5-10-4-11(7-12)8-13(14)6-10/h9-15,17H,4-8H2,1-3H3. The first kappa shape index (κ1) is 12.7. The summed E-state index contributed by atoms with van der Waals surface area (Å²) in [6.45, 7) is 4.32. The molecule has 0 aromatic carbocycles. The van der Waals surface area contributed by atoms with Gasteiger partial charge in [-0.3, -0.25) is 4.79 Å². The number of nitrogens with one attached hydrogen (secondary N) is 1. The maximum Gasteiger partial charge on any atom is 0.153 e. The molecule has 0 aliphatic heterocycles. The Morgan fingerprint density at radius 1 is 1.00 bits per heavy atom. The highest BCUT2D eigenvalue weighted by Gasteiger charge is 2.51. The molecule has 0 saturated heterocycles. The molecule has 102 valence electrons. The Kier molecular flexibility index (Phi) is 3.25. The molecule has 4 fully saturated rings. The van der Waals surface area contributed by atoms with Crippen LogP contribution in [0.5, 0.6) is 0 Å². The van der Waals surface area contributed by atoms with Crippen LogP contribution >= 0.6 is 0 Å². The fraction of sp³-hybridized carbons (Fsp3) is 0.938. The van der Waals surface area contributed by atoms with E-state index in [4.69, 9.17) is 0 Å². The molecule has 4 rings (SSSR count). The summed E-state index contributed by atoms with van der Waals surface area (Å²) in [5.74, 6) is 4.71. The number of hydrogen-bond acceptors (Lipinski definition) is 2. The molecule has 18 heavy (non-hydrogen) atoms. The van der Waals surface area contributed by atoms with E-state index in [0.717, 1.165) is 23.7 Å². The number of hydrogen-bond donors (Lipinski definition) is 1. The van der Waals surface area contributed by atoms with E-state index in [9.17, 15) is 4.79 Å². The molecule has 2 heteroatoms. The molecule has 1 N–H and O–H groups in total. The van der Waals surface area contributed by atoms with E-state index < -0.39 is 0 Å². The van der Waals surface area contributed by atoms with E-state index in [-0.39, 0.29) is 6.04 Å². The van der Waals surface area contributed by atoms with Crippen LogP contribution in [0, 0.1) is 35.5 Å². The van der Waals surface area contributed by atoms with Crippen molar-refractivity contribution in [2.75, 3.05) is 7.05 Å². The van der Waals surface area contributed by atoms with Crippen molar-refractivity contribution in [3.63, 3.8) is 0 Å². The van der Waals surface area contributed by atoms with Gasteiger partial charge in [0.05, 0.1) is 6.04 Å². The molecule has 0 aromatic rings. The summed E-state index contributed by atoms with van der Waals surface area (Å²) in [5.41, 5.74) is 0. The van der Waals surface area contributed by atoms with Crippen LogP contribution in [0.3, 0.4) is 0 Å². The number of likely N-dealkylation sites (N-methyl/N-ethyl adjacent to an activating group) is 1. The fourth-order valence-corrected chi connectivity index (χ4v) is 5.40. The molecule has 0 spiro atoms. The van der Waals surface area contributed by atoms with Gasteiger partial charge in [-0.1, -0.05) is 13.8 Å².